The third-order valence-corrected chi connectivity index (χ3v) is 7.80. The lowest BCUT2D eigenvalue weighted by molar-refractivity contribution is -0.137. The van der Waals surface area contributed by atoms with Crippen molar-refractivity contribution >= 4 is 27.3 Å². The SMILES string of the molecule is CCCS(=O)(=O)N1CCCC(C(=O)N2CCCC2c2ccsc2)C1. The van der Waals surface area contributed by atoms with Crippen LogP contribution in [-0.4, -0.2) is 48.9 Å². The maximum Gasteiger partial charge on any atom is 0.227 e. The topological polar surface area (TPSA) is 57.7 Å². The van der Waals surface area contributed by atoms with E-state index in [0.717, 1.165) is 32.2 Å². The first kappa shape index (κ1) is 17.9. The zero-order valence-corrected chi connectivity index (χ0v) is 15.8. The van der Waals surface area contributed by atoms with Crippen molar-refractivity contribution < 1.29 is 13.2 Å². The van der Waals surface area contributed by atoms with Gasteiger partial charge in [0.1, 0.15) is 0 Å². The van der Waals surface area contributed by atoms with Crippen molar-refractivity contribution in [2.45, 2.75) is 45.1 Å². The Hall–Kier alpha value is -0.920. The Labute approximate surface area is 148 Å². The van der Waals surface area contributed by atoms with Gasteiger partial charge in [-0.05, 0) is 54.5 Å². The number of carbonyl (C=O) groups excluding carboxylic acids is 1. The molecular formula is C17H26N2O3S2. The first-order chi connectivity index (χ1) is 11.5. The van der Waals surface area contributed by atoms with Crippen molar-refractivity contribution in [3.8, 4) is 0 Å². The molecule has 0 radical (unpaired) electrons. The van der Waals surface area contributed by atoms with E-state index in [1.807, 2.05) is 11.8 Å². The zero-order chi connectivity index (χ0) is 17.2. The fraction of sp³-hybridized carbons (Fsp3) is 0.706. The van der Waals surface area contributed by atoms with Crippen LogP contribution in [-0.2, 0) is 14.8 Å². The monoisotopic (exact) mass is 370 g/mol. The van der Waals surface area contributed by atoms with Gasteiger partial charge in [0.15, 0.2) is 0 Å². The molecule has 1 amide bonds. The Morgan fingerprint density at radius 1 is 1.29 bits per heavy atom. The Morgan fingerprint density at radius 2 is 2.08 bits per heavy atom. The van der Waals surface area contributed by atoms with Crippen LogP contribution in [0.1, 0.15) is 50.6 Å². The fourth-order valence-electron chi connectivity index (χ4n) is 3.86. The minimum absolute atomic E-state index is 0.139. The van der Waals surface area contributed by atoms with Crippen molar-refractivity contribution in [1.82, 2.24) is 9.21 Å². The molecule has 1 aromatic heterocycles. The fourth-order valence-corrected chi connectivity index (χ4v) is 6.16. The molecule has 0 aromatic carbocycles. The molecule has 3 rings (SSSR count). The van der Waals surface area contributed by atoms with Crippen LogP contribution in [0.5, 0.6) is 0 Å². The average molecular weight is 371 g/mol. The van der Waals surface area contributed by atoms with E-state index >= 15 is 0 Å². The van der Waals surface area contributed by atoms with Gasteiger partial charge in [0, 0.05) is 19.6 Å². The van der Waals surface area contributed by atoms with Crippen molar-refractivity contribution in [3.05, 3.63) is 22.4 Å². The third-order valence-electron chi connectivity index (χ3n) is 5.05. The number of hydrogen-bond donors (Lipinski definition) is 0. The van der Waals surface area contributed by atoms with Crippen LogP contribution in [0.25, 0.3) is 0 Å². The van der Waals surface area contributed by atoms with E-state index in [1.165, 1.54) is 9.87 Å². The van der Waals surface area contributed by atoms with Crippen LogP contribution in [0.2, 0.25) is 0 Å². The predicted octanol–water partition coefficient (Wildman–Crippen LogP) is 2.86. The maximum atomic E-state index is 13.0. The minimum atomic E-state index is -3.22. The van der Waals surface area contributed by atoms with Gasteiger partial charge in [0.05, 0.1) is 17.7 Å². The Bertz CT molecular complexity index is 657. The van der Waals surface area contributed by atoms with Gasteiger partial charge >= 0.3 is 0 Å². The maximum absolute atomic E-state index is 13.0. The van der Waals surface area contributed by atoms with E-state index in [-0.39, 0.29) is 23.6 Å². The van der Waals surface area contributed by atoms with Crippen molar-refractivity contribution in [3.63, 3.8) is 0 Å². The molecule has 0 saturated carbocycles. The summed E-state index contributed by atoms with van der Waals surface area (Å²) in [7, 11) is -3.22. The average Bonchev–Trinajstić information content (AvgIpc) is 3.25. The number of hydrogen-bond acceptors (Lipinski definition) is 4. The van der Waals surface area contributed by atoms with Gasteiger partial charge in [-0.15, -0.1) is 0 Å². The summed E-state index contributed by atoms with van der Waals surface area (Å²) >= 11 is 1.66. The minimum Gasteiger partial charge on any atom is -0.335 e. The molecule has 2 aliphatic heterocycles. The molecule has 2 aliphatic rings. The van der Waals surface area contributed by atoms with Crippen LogP contribution in [0.15, 0.2) is 16.8 Å². The van der Waals surface area contributed by atoms with Gasteiger partial charge in [-0.25, -0.2) is 12.7 Å². The number of carbonyl (C=O) groups is 1. The van der Waals surface area contributed by atoms with Gasteiger partial charge in [0.25, 0.3) is 0 Å². The van der Waals surface area contributed by atoms with Crippen LogP contribution < -0.4 is 0 Å². The molecule has 2 unspecified atom stereocenters. The smallest absolute Gasteiger partial charge is 0.227 e. The lowest BCUT2D eigenvalue weighted by atomic mass is 9.97. The summed E-state index contributed by atoms with van der Waals surface area (Å²) in [5, 5.41) is 4.17. The molecule has 24 heavy (non-hydrogen) atoms. The highest BCUT2D eigenvalue weighted by Gasteiger charge is 2.38. The van der Waals surface area contributed by atoms with Gasteiger partial charge in [-0.1, -0.05) is 6.92 Å². The summed E-state index contributed by atoms with van der Waals surface area (Å²) in [6.45, 7) is 3.57. The molecule has 5 nitrogen and oxygen atoms in total. The second-order valence-corrected chi connectivity index (χ2v) is 9.63. The van der Waals surface area contributed by atoms with E-state index < -0.39 is 10.0 Å². The summed E-state index contributed by atoms with van der Waals surface area (Å²) in [4.78, 5) is 15.0. The van der Waals surface area contributed by atoms with Gasteiger partial charge in [-0.2, -0.15) is 11.3 Å². The summed E-state index contributed by atoms with van der Waals surface area (Å²) in [6, 6.07) is 2.27. The highest BCUT2D eigenvalue weighted by Crippen LogP contribution is 2.35. The number of thiophene rings is 1. The quantitative estimate of drug-likeness (QED) is 0.801. The Balaban J connectivity index is 1.70. The molecule has 0 aliphatic carbocycles. The molecule has 2 atom stereocenters. The molecule has 0 spiro atoms. The highest BCUT2D eigenvalue weighted by molar-refractivity contribution is 7.89. The first-order valence-electron chi connectivity index (χ1n) is 8.83. The molecule has 7 heteroatoms. The number of rotatable bonds is 5. The summed E-state index contributed by atoms with van der Waals surface area (Å²) < 4.78 is 26.2. The normalized spacial score (nSPS) is 26.0. The lowest BCUT2D eigenvalue weighted by Gasteiger charge is -2.35. The van der Waals surface area contributed by atoms with Crippen molar-refractivity contribution in [1.29, 1.82) is 0 Å². The molecular weight excluding hydrogens is 344 g/mol. The standard InChI is InChI=1S/C17H26N2O3S2/c1-2-11-24(21,22)18-8-3-5-14(12-18)17(20)19-9-4-6-16(19)15-7-10-23-13-15/h7,10,13-14,16H,2-6,8-9,11-12H2,1H3. The number of piperidine rings is 1. The highest BCUT2D eigenvalue weighted by atomic mass is 32.2. The molecule has 1 aromatic rings. The lowest BCUT2D eigenvalue weighted by Crippen LogP contribution is -2.47. The summed E-state index contributed by atoms with van der Waals surface area (Å²) in [5.74, 6) is 0.125. The number of sulfonamides is 1. The van der Waals surface area contributed by atoms with Crippen molar-refractivity contribution in [2.75, 3.05) is 25.4 Å². The molecule has 2 fully saturated rings. The Morgan fingerprint density at radius 3 is 2.79 bits per heavy atom. The van der Waals surface area contributed by atoms with Crippen LogP contribution >= 0.6 is 11.3 Å². The second-order valence-electron chi connectivity index (χ2n) is 6.76. The molecule has 134 valence electrons. The van der Waals surface area contributed by atoms with E-state index in [2.05, 4.69) is 16.8 Å². The predicted molar refractivity (Wildman–Crippen MR) is 96.4 cm³/mol. The number of amides is 1. The molecule has 3 heterocycles. The number of likely N-dealkylation sites (tertiary alicyclic amines) is 1. The molecule has 2 saturated heterocycles. The molecule has 0 N–H and O–H groups in total. The van der Waals surface area contributed by atoms with Crippen molar-refractivity contribution in [2.24, 2.45) is 5.92 Å². The summed E-state index contributed by atoms with van der Waals surface area (Å²) in [5.41, 5.74) is 1.22. The Kier molecular flexibility index (Phi) is 5.62. The van der Waals surface area contributed by atoms with E-state index in [1.54, 1.807) is 11.3 Å². The summed E-state index contributed by atoms with van der Waals surface area (Å²) in [6.07, 6.45) is 4.22. The molecule has 0 bridgehead atoms. The van der Waals surface area contributed by atoms with Crippen LogP contribution in [0.3, 0.4) is 0 Å². The first-order valence-corrected chi connectivity index (χ1v) is 11.4. The van der Waals surface area contributed by atoms with Gasteiger partial charge in [-0.3, -0.25) is 4.79 Å². The van der Waals surface area contributed by atoms with Gasteiger partial charge < -0.3 is 4.90 Å². The van der Waals surface area contributed by atoms with E-state index in [0.29, 0.717) is 19.5 Å². The van der Waals surface area contributed by atoms with E-state index in [9.17, 15) is 13.2 Å². The second kappa shape index (κ2) is 7.54. The van der Waals surface area contributed by atoms with E-state index in [4.69, 9.17) is 0 Å². The van der Waals surface area contributed by atoms with Crippen LogP contribution in [0, 0.1) is 5.92 Å². The van der Waals surface area contributed by atoms with Crippen LogP contribution in [0.4, 0.5) is 0 Å². The number of nitrogens with zero attached hydrogens (tertiary/aromatic N) is 2. The van der Waals surface area contributed by atoms with Gasteiger partial charge in [0.2, 0.25) is 15.9 Å². The third kappa shape index (κ3) is 3.68. The largest absolute Gasteiger partial charge is 0.335 e. The zero-order valence-electron chi connectivity index (χ0n) is 14.2.